The summed E-state index contributed by atoms with van der Waals surface area (Å²) in [6.45, 7) is 4.27. The second-order valence-electron chi connectivity index (χ2n) is 11.4. The summed E-state index contributed by atoms with van der Waals surface area (Å²) in [7, 11) is -2.62. The molecule has 0 saturated carbocycles. The van der Waals surface area contributed by atoms with E-state index in [9.17, 15) is 23.1 Å². The molecule has 3 aromatic carbocycles. The lowest BCUT2D eigenvalue weighted by Crippen LogP contribution is -2.50. The number of carbonyl (C=O) groups is 2. The van der Waals surface area contributed by atoms with E-state index in [1.807, 2.05) is 74.5 Å². The third-order valence-corrected chi connectivity index (χ3v) is 9.65. The van der Waals surface area contributed by atoms with Gasteiger partial charge in [0.2, 0.25) is 15.9 Å². The van der Waals surface area contributed by atoms with Gasteiger partial charge in [-0.15, -0.1) is 0 Å². The number of alkyl carbamates (subject to hydrolysis) is 1. The summed E-state index contributed by atoms with van der Waals surface area (Å²) in [5.74, 6) is -0.578. The summed E-state index contributed by atoms with van der Waals surface area (Å²) in [5.41, 5.74) is 7.94. The van der Waals surface area contributed by atoms with Gasteiger partial charge in [-0.25, -0.2) is 13.2 Å². The van der Waals surface area contributed by atoms with Crippen molar-refractivity contribution in [3.8, 4) is 0 Å². The number of hydrogen-bond acceptors (Lipinski definition) is 7. The van der Waals surface area contributed by atoms with Gasteiger partial charge in [0.15, 0.2) is 0 Å². The van der Waals surface area contributed by atoms with Crippen LogP contribution in [-0.4, -0.2) is 68.7 Å². The fourth-order valence-electron chi connectivity index (χ4n) is 5.20. The van der Waals surface area contributed by atoms with E-state index >= 15 is 0 Å². The Morgan fingerprint density at radius 2 is 1.47 bits per heavy atom. The van der Waals surface area contributed by atoms with Gasteiger partial charge >= 0.3 is 6.09 Å². The van der Waals surface area contributed by atoms with Crippen LogP contribution < -0.4 is 16.4 Å². The number of methoxy groups -OCH3 is 1. The lowest BCUT2D eigenvalue weighted by atomic mass is 9.84. The summed E-state index contributed by atoms with van der Waals surface area (Å²) in [6, 6.07) is 23.4. The van der Waals surface area contributed by atoms with Crippen molar-refractivity contribution in [2.75, 3.05) is 32.5 Å². The molecule has 2 atom stereocenters. The number of nitrogens with zero attached hydrogens (tertiary/aromatic N) is 1. The lowest BCUT2D eigenvalue weighted by molar-refractivity contribution is -0.123. The van der Waals surface area contributed by atoms with Crippen LogP contribution >= 0.6 is 0 Å². The molecule has 0 aliphatic heterocycles. The number of aliphatic hydroxyl groups is 1. The van der Waals surface area contributed by atoms with E-state index in [0.29, 0.717) is 37.9 Å². The second kappa shape index (κ2) is 17.5. The van der Waals surface area contributed by atoms with Crippen LogP contribution in [0.3, 0.4) is 0 Å². The Kier molecular flexibility index (Phi) is 13.8. The second-order valence-corrected chi connectivity index (χ2v) is 13.3. The zero-order valence-electron chi connectivity index (χ0n) is 26.3. The Labute approximate surface area is 267 Å². The molecule has 10 nitrogen and oxygen atoms in total. The number of amides is 2. The van der Waals surface area contributed by atoms with Gasteiger partial charge in [-0.05, 0) is 60.6 Å². The predicted octanol–water partition coefficient (Wildman–Crippen LogP) is 4.51. The van der Waals surface area contributed by atoms with E-state index in [4.69, 9.17) is 10.5 Å². The number of nitrogens with two attached hydrogens (primary N) is 1. The molecule has 0 aliphatic rings. The minimum absolute atomic E-state index is 0.127. The highest BCUT2D eigenvalue weighted by atomic mass is 32.2. The molecule has 0 aromatic heterocycles. The molecule has 3 rings (SSSR count). The van der Waals surface area contributed by atoms with Crippen molar-refractivity contribution in [3.05, 3.63) is 96.1 Å². The number of ether oxygens (including phenoxy) is 1. The Balaban J connectivity index is 1.70. The van der Waals surface area contributed by atoms with Crippen LogP contribution in [0.15, 0.2) is 89.8 Å². The van der Waals surface area contributed by atoms with Crippen molar-refractivity contribution in [2.45, 2.75) is 62.4 Å². The van der Waals surface area contributed by atoms with Crippen molar-refractivity contribution < 1.29 is 27.9 Å². The van der Waals surface area contributed by atoms with Crippen LogP contribution in [0, 0.1) is 5.92 Å². The number of anilines is 1. The molecule has 0 heterocycles. The Bertz CT molecular complexity index is 1400. The zero-order valence-corrected chi connectivity index (χ0v) is 27.1. The number of unbranched alkanes of at least 4 members (excludes halogenated alkanes) is 1. The molecular formula is C34H46N4O6S. The van der Waals surface area contributed by atoms with Gasteiger partial charge in [-0.2, -0.15) is 4.31 Å². The average Bonchev–Trinajstić information content (AvgIpc) is 3.04. The normalized spacial score (nSPS) is 13.0. The van der Waals surface area contributed by atoms with Crippen LogP contribution in [0.5, 0.6) is 0 Å². The summed E-state index contributed by atoms with van der Waals surface area (Å²) in [5, 5.41) is 15.9. The highest BCUT2D eigenvalue weighted by molar-refractivity contribution is 7.89. The molecule has 0 spiro atoms. The highest BCUT2D eigenvalue weighted by Gasteiger charge is 2.33. The van der Waals surface area contributed by atoms with E-state index in [1.54, 1.807) is 12.1 Å². The molecule has 0 saturated heterocycles. The smallest absolute Gasteiger partial charge is 0.407 e. The number of benzene rings is 3. The third kappa shape index (κ3) is 10.3. The Hall–Kier alpha value is -3.93. The maximum absolute atomic E-state index is 13.6. The standard InChI is InChI=1S/C34H46N4O6S/c1-25(2)21-23-38(45(42,43)30-19-17-28(35)18-20-30)29(24-39)16-10-11-22-36-33(40)32(37-34(41)44-3)31(26-12-6-4-7-13-26)27-14-8-5-9-15-27/h4-9,12-15,17-20,25,29,31-32,39H,10-11,16,21-24,35H2,1-3H3,(H,36,40)(H,37,41)/t29-,32-/m0/s1. The number of carbonyl (C=O) groups excluding carboxylic acids is 2. The maximum Gasteiger partial charge on any atom is 0.407 e. The number of sulfonamides is 1. The van der Waals surface area contributed by atoms with E-state index in [0.717, 1.165) is 11.1 Å². The van der Waals surface area contributed by atoms with Crippen molar-refractivity contribution in [1.82, 2.24) is 14.9 Å². The minimum Gasteiger partial charge on any atom is -0.453 e. The lowest BCUT2D eigenvalue weighted by Gasteiger charge is -2.30. The molecular weight excluding hydrogens is 592 g/mol. The predicted molar refractivity (Wildman–Crippen MR) is 176 cm³/mol. The van der Waals surface area contributed by atoms with Crippen molar-refractivity contribution in [2.24, 2.45) is 5.92 Å². The number of nitrogen functional groups attached to an aromatic ring is 1. The number of hydrogen-bond donors (Lipinski definition) is 4. The molecule has 3 aromatic rings. The zero-order chi connectivity index (χ0) is 32.8. The molecule has 0 aliphatic carbocycles. The van der Waals surface area contributed by atoms with Crippen molar-refractivity contribution >= 4 is 27.7 Å². The highest BCUT2D eigenvalue weighted by Crippen LogP contribution is 2.29. The molecule has 2 amide bonds. The quantitative estimate of drug-likeness (QED) is 0.125. The van der Waals surface area contributed by atoms with Crippen molar-refractivity contribution in [3.63, 3.8) is 0 Å². The van der Waals surface area contributed by atoms with E-state index in [2.05, 4.69) is 10.6 Å². The first-order valence-electron chi connectivity index (χ1n) is 15.3. The first-order valence-corrected chi connectivity index (χ1v) is 16.7. The SMILES string of the molecule is COC(=O)N[C@H](C(=O)NCCCC[C@@H](CO)N(CCC(C)C)S(=O)(=O)c1ccc(N)cc1)C(c1ccccc1)c1ccccc1. The molecule has 11 heteroatoms. The van der Waals surface area contributed by atoms with Crippen molar-refractivity contribution in [1.29, 1.82) is 0 Å². The van der Waals surface area contributed by atoms with Gasteiger partial charge in [0, 0.05) is 30.7 Å². The summed E-state index contributed by atoms with van der Waals surface area (Å²) in [6.07, 6.45) is 1.41. The third-order valence-electron chi connectivity index (χ3n) is 7.69. The Morgan fingerprint density at radius 3 is 1.98 bits per heavy atom. The van der Waals surface area contributed by atoms with Gasteiger partial charge in [-0.1, -0.05) is 80.9 Å². The molecule has 0 bridgehead atoms. The molecule has 45 heavy (non-hydrogen) atoms. The number of rotatable bonds is 17. The van der Waals surface area contributed by atoms with Crippen LogP contribution in [0.25, 0.3) is 0 Å². The largest absolute Gasteiger partial charge is 0.453 e. The van der Waals surface area contributed by atoms with E-state index in [1.165, 1.54) is 23.5 Å². The molecule has 244 valence electrons. The monoisotopic (exact) mass is 638 g/mol. The first-order chi connectivity index (χ1) is 21.6. The maximum atomic E-state index is 13.6. The number of nitrogens with one attached hydrogen (secondary N) is 2. The van der Waals surface area contributed by atoms with Gasteiger partial charge in [0.1, 0.15) is 6.04 Å². The Morgan fingerprint density at radius 1 is 0.889 bits per heavy atom. The molecule has 0 unspecified atom stereocenters. The summed E-state index contributed by atoms with van der Waals surface area (Å²) >= 11 is 0. The summed E-state index contributed by atoms with van der Waals surface area (Å²) in [4.78, 5) is 26.1. The van der Waals surface area contributed by atoms with Gasteiger partial charge in [0.05, 0.1) is 18.6 Å². The van der Waals surface area contributed by atoms with Crippen LogP contribution in [0.2, 0.25) is 0 Å². The van der Waals surface area contributed by atoms with E-state index in [-0.39, 0.29) is 29.9 Å². The van der Waals surface area contributed by atoms with Crippen LogP contribution in [-0.2, 0) is 19.6 Å². The first kappa shape index (κ1) is 35.5. The van der Waals surface area contributed by atoms with Gasteiger partial charge in [-0.3, -0.25) is 4.79 Å². The fraction of sp³-hybridized carbons (Fsp3) is 0.412. The van der Waals surface area contributed by atoms with Crippen LogP contribution in [0.1, 0.15) is 56.6 Å². The van der Waals surface area contributed by atoms with Crippen LogP contribution in [0.4, 0.5) is 10.5 Å². The average molecular weight is 639 g/mol. The minimum atomic E-state index is -3.87. The fourth-order valence-corrected chi connectivity index (χ4v) is 6.86. The summed E-state index contributed by atoms with van der Waals surface area (Å²) < 4.78 is 33.4. The van der Waals surface area contributed by atoms with E-state index < -0.39 is 34.1 Å². The topological polar surface area (TPSA) is 151 Å². The van der Waals surface area contributed by atoms with Gasteiger partial charge < -0.3 is 26.2 Å². The van der Waals surface area contributed by atoms with Gasteiger partial charge in [0.25, 0.3) is 0 Å². The molecule has 5 N–H and O–H groups in total. The number of aliphatic hydroxyl groups excluding tert-OH is 1. The molecule has 0 fully saturated rings. The molecule has 0 radical (unpaired) electrons.